The number of halogens is 4. The van der Waals surface area contributed by atoms with Crippen LogP contribution in [0.15, 0.2) is 36.4 Å². The molecule has 2 heterocycles. The van der Waals surface area contributed by atoms with Crippen molar-refractivity contribution in [3.63, 3.8) is 0 Å². The van der Waals surface area contributed by atoms with Crippen molar-refractivity contribution >= 4 is 29.1 Å². The zero-order valence-electron chi connectivity index (χ0n) is 20.8. The number of nitrogens with two attached hydrogens (primary N) is 1. The van der Waals surface area contributed by atoms with Crippen LogP contribution >= 0.6 is 23.2 Å². The molecule has 36 heavy (non-hydrogen) atoms. The monoisotopic (exact) mass is 538 g/mol. The summed E-state index contributed by atoms with van der Waals surface area (Å²) in [6.07, 6.45) is 1.49. The molecule has 0 unspecified atom stereocenters. The lowest BCUT2D eigenvalue weighted by molar-refractivity contribution is -0.120. The second kappa shape index (κ2) is 10.5. The summed E-state index contributed by atoms with van der Waals surface area (Å²) in [4.78, 5) is 12.9. The minimum atomic E-state index is -1.07. The number of nitrogens with one attached hydrogen (secondary N) is 3. The second-order valence-corrected chi connectivity index (χ2v) is 12.1. The lowest BCUT2D eigenvalue weighted by Crippen LogP contribution is -2.53. The summed E-state index contributed by atoms with van der Waals surface area (Å²) >= 11 is 12.3. The van der Waals surface area contributed by atoms with Crippen molar-refractivity contribution in [2.75, 3.05) is 19.6 Å². The molecule has 2 aliphatic heterocycles. The standard InChI is InChI=1S/C27H34Cl2F2N4O/c1-26(2,3)12-21-27(14-34-16-9-10-33-13-16,18-8-7-15(28)11-20(18)30)22(24(35-21)25(32)36)17-5-4-6-19(29)23(17)31/h4-8,11,16,21-22,24,33-35H,9-10,12-14H2,1-3H3,(H2,32,36)/t16-,21-,22-,24+,27-/m0/s1. The smallest absolute Gasteiger partial charge is 0.235 e. The van der Waals surface area contributed by atoms with E-state index >= 15 is 8.78 Å². The Morgan fingerprint density at radius 3 is 2.58 bits per heavy atom. The van der Waals surface area contributed by atoms with Gasteiger partial charge in [0.05, 0.1) is 11.1 Å². The molecule has 0 spiro atoms. The Kier molecular flexibility index (Phi) is 7.98. The van der Waals surface area contributed by atoms with Crippen LogP contribution in [0.2, 0.25) is 10.0 Å². The number of rotatable bonds is 7. The Morgan fingerprint density at radius 2 is 1.97 bits per heavy atom. The van der Waals surface area contributed by atoms with Gasteiger partial charge in [0.15, 0.2) is 0 Å². The number of primary amides is 1. The average Bonchev–Trinajstić information content (AvgIpc) is 3.40. The van der Waals surface area contributed by atoms with E-state index < -0.39 is 41.0 Å². The molecule has 2 aromatic rings. The highest BCUT2D eigenvalue weighted by Crippen LogP contribution is 2.52. The first-order valence-corrected chi connectivity index (χ1v) is 13.1. The van der Waals surface area contributed by atoms with Crippen molar-refractivity contribution in [3.05, 3.63) is 69.2 Å². The topological polar surface area (TPSA) is 79.2 Å². The molecule has 5 nitrogen and oxygen atoms in total. The fourth-order valence-corrected chi connectivity index (χ4v) is 6.33. The number of hydrogen-bond donors (Lipinski definition) is 4. The third kappa shape index (κ3) is 5.27. The van der Waals surface area contributed by atoms with Crippen LogP contribution in [-0.2, 0) is 10.2 Å². The van der Waals surface area contributed by atoms with E-state index in [1.54, 1.807) is 24.3 Å². The minimum absolute atomic E-state index is 0.0616. The summed E-state index contributed by atoms with van der Waals surface area (Å²) in [5, 5.41) is 10.5. The Balaban J connectivity index is 1.99. The molecule has 0 aromatic heterocycles. The van der Waals surface area contributed by atoms with Crippen LogP contribution in [0.4, 0.5) is 8.78 Å². The maximum atomic E-state index is 15.9. The predicted octanol–water partition coefficient (Wildman–Crippen LogP) is 4.51. The molecule has 2 fully saturated rings. The van der Waals surface area contributed by atoms with Gasteiger partial charge in [-0.3, -0.25) is 4.79 Å². The maximum absolute atomic E-state index is 15.9. The van der Waals surface area contributed by atoms with Crippen LogP contribution in [0.25, 0.3) is 0 Å². The van der Waals surface area contributed by atoms with Gasteiger partial charge in [-0.15, -0.1) is 0 Å². The Morgan fingerprint density at radius 1 is 1.22 bits per heavy atom. The van der Waals surface area contributed by atoms with E-state index in [9.17, 15) is 4.79 Å². The van der Waals surface area contributed by atoms with Gasteiger partial charge in [-0.1, -0.05) is 62.2 Å². The summed E-state index contributed by atoms with van der Waals surface area (Å²) < 4.78 is 31.5. The highest BCUT2D eigenvalue weighted by molar-refractivity contribution is 6.31. The van der Waals surface area contributed by atoms with Crippen LogP contribution in [0.3, 0.4) is 0 Å². The highest BCUT2D eigenvalue weighted by Gasteiger charge is 2.59. The molecule has 4 rings (SSSR count). The normalized spacial score (nSPS) is 28.5. The van der Waals surface area contributed by atoms with Crippen molar-refractivity contribution in [3.8, 4) is 0 Å². The van der Waals surface area contributed by atoms with Crippen molar-refractivity contribution in [2.24, 2.45) is 11.1 Å². The number of benzene rings is 2. The summed E-state index contributed by atoms with van der Waals surface area (Å²) in [7, 11) is 0. The molecule has 1 amide bonds. The first-order chi connectivity index (χ1) is 16.9. The minimum Gasteiger partial charge on any atom is -0.368 e. The Bertz CT molecular complexity index is 1120. The first kappa shape index (κ1) is 27.3. The van der Waals surface area contributed by atoms with Crippen molar-refractivity contribution in [1.82, 2.24) is 16.0 Å². The second-order valence-electron chi connectivity index (χ2n) is 11.2. The third-order valence-corrected chi connectivity index (χ3v) is 8.03. The van der Waals surface area contributed by atoms with E-state index in [0.29, 0.717) is 18.5 Å². The Hall–Kier alpha value is -1.77. The van der Waals surface area contributed by atoms with Crippen LogP contribution in [0.1, 0.15) is 50.7 Å². The quantitative estimate of drug-likeness (QED) is 0.418. The lowest BCUT2D eigenvalue weighted by atomic mass is 9.61. The summed E-state index contributed by atoms with van der Waals surface area (Å²) in [6, 6.07) is 8.09. The summed E-state index contributed by atoms with van der Waals surface area (Å²) in [5.41, 5.74) is 5.25. The predicted molar refractivity (Wildman–Crippen MR) is 140 cm³/mol. The summed E-state index contributed by atoms with van der Waals surface area (Å²) in [6.45, 7) is 8.19. The van der Waals surface area contributed by atoms with E-state index in [-0.39, 0.29) is 27.1 Å². The summed E-state index contributed by atoms with van der Waals surface area (Å²) in [5.74, 6) is -2.59. The molecule has 196 valence electrons. The molecule has 2 aliphatic rings. The van der Waals surface area contributed by atoms with Gasteiger partial charge < -0.3 is 21.7 Å². The molecule has 5 N–H and O–H groups in total. The molecular formula is C27H34Cl2F2N4O. The highest BCUT2D eigenvalue weighted by atomic mass is 35.5. The SMILES string of the molecule is CC(C)(C)C[C@@H]1N[C@@H](C(N)=O)[C@H](c2cccc(Cl)c2F)[C@@]1(CN[C@H]1CCNC1)c1ccc(Cl)cc1F. The van der Waals surface area contributed by atoms with Crippen LogP contribution < -0.4 is 21.7 Å². The van der Waals surface area contributed by atoms with Gasteiger partial charge in [-0.25, -0.2) is 8.78 Å². The largest absolute Gasteiger partial charge is 0.368 e. The zero-order chi connectivity index (χ0) is 26.3. The fourth-order valence-electron chi connectivity index (χ4n) is 5.99. The van der Waals surface area contributed by atoms with Gasteiger partial charge in [0.2, 0.25) is 5.91 Å². The molecule has 0 bridgehead atoms. The van der Waals surface area contributed by atoms with E-state index in [2.05, 4.69) is 36.7 Å². The van der Waals surface area contributed by atoms with Gasteiger partial charge in [-0.2, -0.15) is 0 Å². The maximum Gasteiger partial charge on any atom is 0.235 e. The van der Waals surface area contributed by atoms with E-state index in [1.807, 2.05) is 0 Å². The Labute approximate surface area is 221 Å². The number of hydrogen-bond acceptors (Lipinski definition) is 4. The lowest BCUT2D eigenvalue weighted by Gasteiger charge is -2.44. The molecule has 0 aliphatic carbocycles. The molecule has 5 atom stereocenters. The molecular weight excluding hydrogens is 505 g/mol. The average molecular weight is 539 g/mol. The van der Waals surface area contributed by atoms with E-state index in [4.69, 9.17) is 28.9 Å². The van der Waals surface area contributed by atoms with Gasteiger partial charge in [0.1, 0.15) is 11.6 Å². The number of carbonyl (C=O) groups excluding carboxylic acids is 1. The zero-order valence-corrected chi connectivity index (χ0v) is 22.3. The van der Waals surface area contributed by atoms with Crippen molar-refractivity contribution in [2.45, 2.75) is 63.1 Å². The number of amides is 1. The van der Waals surface area contributed by atoms with Gasteiger partial charge >= 0.3 is 0 Å². The van der Waals surface area contributed by atoms with E-state index in [1.165, 1.54) is 12.1 Å². The molecule has 0 saturated carbocycles. The van der Waals surface area contributed by atoms with Crippen LogP contribution in [0, 0.1) is 17.0 Å². The molecule has 0 radical (unpaired) electrons. The molecule has 2 saturated heterocycles. The van der Waals surface area contributed by atoms with E-state index in [0.717, 1.165) is 19.5 Å². The first-order valence-electron chi connectivity index (χ1n) is 12.3. The molecule has 2 aromatic carbocycles. The number of carbonyl (C=O) groups is 1. The molecule has 9 heteroatoms. The van der Waals surface area contributed by atoms with Gasteiger partial charge in [0.25, 0.3) is 0 Å². The third-order valence-electron chi connectivity index (χ3n) is 7.51. The van der Waals surface area contributed by atoms with Gasteiger partial charge in [-0.05, 0) is 54.1 Å². The van der Waals surface area contributed by atoms with Crippen molar-refractivity contribution < 1.29 is 13.6 Å². The van der Waals surface area contributed by atoms with Crippen molar-refractivity contribution in [1.29, 1.82) is 0 Å². The van der Waals surface area contributed by atoms with Gasteiger partial charge in [0, 0.05) is 41.5 Å². The van der Waals surface area contributed by atoms with Crippen LogP contribution in [0.5, 0.6) is 0 Å². The van der Waals surface area contributed by atoms with Crippen LogP contribution in [-0.4, -0.2) is 43.7 Å². The fraction of sp³-hybridized carbons (Fsp3) is 0.519.